The smallest absolute Gasteiger partial charge is 0.294 e. The fraction of sp³-hybridized carbons (Fsp3) is 0.0625. The molecular weight excluding hydrogens is 378 g/mol. The van der Waals surface area contributed by atoms with Crippen molar-refractivity contribution in [3.8, 4) is 0 Å². The number of nitro groups is 1. The van der Waals surface area contributed by atoms with Crippen molar-refractivity contribution in [3.05, 3.63) is 61.7 Å². The average molecular weight is 389 g/mol. The number of rotatable bonds is 5. The van der Waals surface area contributed by atoms with E-state index >= 15 is 0 Å². The lowest BCUT2D eigenvalue weighted by Crippen LogP contribution is -2.36. The lowest BCUT2D eigenvalue weighted by Gasteiger charge is -2.12. The highest BCUT2D eigenvalue weighted by Gasteiger charge is 2.36. The number of amides is 3. The fourth-order valence-corrected chi connectivity index (χ4v) is 3.71. The largest absolute Gasteiger partial charge is 0.325 e. The Bertz CT molecular complexity index is 906. The molecule has 1 aromatic heterocycles. The molecular formula is C16H11N3O5S2. The number of benzene rings is 1. The van der Waals surface area contributed by atoms with Gasteiger partial charge in [0.25, 0.3) is 16.8 Å². The average Bonchev–Trinajstić information content (AvgIpc) is 3.20. The summed E-state index contributed by atoms with van der Waals surface area (Å²) in [6, 6.07) is 8.90. The lowest BCUT2D eigenvalue weighted by atomic mass is 10.3. The van der Waals surface area contributed by atoms with Crippen LogP contribution in [0.2, 0.25) is 0 Å². The Morgan fingerprint density at radius 1 is 1.23 bits per heavy atom. The van der Waals surface area contributed by atoms with E-state index in [1.807, 2.05) is 17.5 Å². The molecule has 1 N–H and O–H groups in total. The van der Waals surface area contributed by atoms with Crippen LogP contribution in [0.1, 0.15) is 4.88 Å². The van der Waals surface area contributed by atoms with E-state index in [2.05, 4.69) is 5.32 Å². The van der Waals surface area contributed by atoms with Crippen molar-refractivity contribution in [3.63, 3.8) is 0 Å². The molecule has 10 heteroatoms. The van der Waals surface area contributed by atoms with Gasteiger partial charge < -0.3 is 5.32 Å². The number of thiophene rings is 1. The number of anilines is 1. The minimum atomic E-state index is -0.571. The number of thioether (sulfide) groups is 1. The van der Waals surface area contributed by atoms with Crippen molar-refractivity contribution in [2.75, 3.05) is 11.9 Å². The quantitative estimate of drug-likeness (QED) is 0.477. The molecule has 2 heterocycles. The zero-order valence-corrected chi connectivity index (χ0v) is 14.7. The van der Waals surface area contributed by atoms with Crippen LogP contribution in [0.5, 0.6) is 0 Å². The van der Waals surface area contributed by atoms with Crippen LogP contribution < -0.4 is 5.32 Å². The summed E-state index contributed by atoms with van der Waals surface area (Å²) in [5.41, 5.74) is 0.231. The minimum absolute atomic E-state index is 0.104. The summed E-state index contributed by atoms with van der Waals surface area (Å²) in [5.74, 6) is -1.09. The van der Waals surface area contributed by atoms with Gasteiger partial charge in [0.2, 0.25) is 5.91 Å². The third-order valence-corrected chi connectivity index (χ3v) is 5.08. The third kappa shape index (κ3) is 3.98. The molecule has 0 unspecified atom stereocenters. The molecule has 2 aromatic rings. The summed E-state index contributed by atoms with van der Waals surface area (Å²) in [6.45, 7) is -0.427. The van der Waals surface area contributed by atoms with Crippen molar-refractivity contribution in [2.24, 2.45) is 0 Å². The Hall–Kier alpha value is -2.98. The molecule has 1 aliphatic heterocycles. The second kappa shape index (κ2) is 7.50. The van der Waals surface area contributed by atoms with Crippen LogP contribution in [0.3, 0.4) is 0 Å². The summed E-state index contributed by atoms with van der Waals surface area (Å²) < 4.78 is 0. The summed E-state index contributed by atoms with van der Waals surface area (Å²) >= 11 is 2.22. The molecule has 1 fully saturated rings. The van der Waals surface area contributed by atoms with Gasteiger partial charge in [-0.2, -0.15) is 0 Å². The zero-order valence-electron chi connectivity index (χ0n) is 13.1. The predicted molar refractivity (Wildman–Crippen MR) is 98.7 cm³/mol. The molecule has 132 valence electrons. The standard InChI is InChI=1S/C16H11N3O5S2/c20-14(17-10-3-5-11(6-4-10)19(23)24)9-18-15(21)13(26-16(18)22)8-12-2-1-7-25-12/h1-8H,9H2,(H,17,20)/b13-8-. The number of hydrogen-bond acceptors (Lipinski definition) is 7. The Morgan fingerprint density at radius 3 is 2.58 bits per heavy atom. The highest BCUT2D eigenvalue weighted by molar-refractivity contribution is 8.18. The van der Waals surface area contributed by atoms with Crippen LogP contribution in [-0.4, -0.2) is 33.4 Å². The molecule has 0 aliphatic carbocycles. The Kier molecular flexibility index (Phi) is 5.14. The second-order valence-electron chi connectivity index (χ2n) is 5.14. The second-order valence-corrected chi connectivity index (χ2v) is 7.11. The fourth-order valence-electron chi connectivity index (χ4n) is 2.15. The monoisotopic (exact) mass is 389 g/mol. The van der Waals surface area contributed by atoms with Crippen LogP contribution in [0.15, 0.2) is 46.7 Å². The van der Waals surface area contributed by atoms with Crippen LogP contribution in [0, 0.1) is 10.1 Å². The highest BCUT2D eigenvalue weighted by Crippen LogP contribution is 2.32. The zero-order chi connectivity index (χ0) is 18.7. The topological polar surface area (TPSA) is 110 Å². The van der Waals surface area contributed by atoms with E-state index in [0.29, 0.717) is 5.69 Å². The first-order valence-electron chi connectivity index (χ1n) is 7.27. The van der Waals surface area contributed by atoms with Gasteiger partial charge in [0, 0.05) is 22.7 Å². The summed E-state index contributed by atoms with van der Waals surface area (Å²) in [5, 5.41) is 14.5. The summed E-state index contributed by atoms with van der Waals surface area (Å²) in [6.07, 6.45) is 1.61. The number of imide groups is 1. The number of carbonyl (C=O) groups excluding carboxylic acids is 3. The van der Waals surface area contributed by atoms with Crippen LogP contribution in [-0.2, 0) is 9.59 Å². The molecule has 0 radical (unpaired) electrons. The van der Waals surface area contributed by atoms with Gasteiger partial charge in [-0.25, -0.2) is 0 Å². The van der Waals surface area contributed by atoms with Crippen LogP contribution in [0.4, 0.5) is 16.2 Å². The first-order chi connectivity index (χ1) is 12.4. The Balaban J connectivity index is 1.64. The molecule has 0 spiro atoms. The summed E-state index contributed by atoms with van der Waals surface area (Å²) in [4.78, 5) is 48.4. The third-order valence-electron chi connectivity index (χ3n) is 3.35. The SMILES string of the molecule is O=C(CN1C(=O)S/C(=C\c2cccs2)C1=O)Nc1ccc([N+](=O)[O-])cc1. The lowest BCUT2D eigenvalue weighted by molar-refractivity contribution is -0.384. The maximum atomic E-state index is 12.3. The van der Waals surface area contributed by atoms with Crippen molar-refractivity contribution in [1.29, 1.82) is 0 Å². The van der Waals surface area contributed by atoms with E-state index in [9.17, 15) is 24.5 Å². The van der Waals surface area contributed by atoms with Crippen molar-refractivity contribution in [2.45, 2.75) is 0 Å². The van der Waals surface area contributed by atoms with Crippen molar-refractivity contribution >= 4 is 57.6 Å². The molecule has 3 rings (SSSR count). The maximum absolute atomic E-state index is 12.3. The number of non-ortho nitro benzene ring substituents is 1. The van der Waals surface area contributed by atoms with Gasteiger partial charge >= 0.3 is 0 Å². The van der Waals surface area contributed by atoms with Gasteiger partial charge in [0.1, 0.15) is 6.54 Å². The van der Waals surface area contributed by atoms with E-state index in [1.165, 1.54) is 35.6 Å². The molecule has 8 nitrogen and oxygen atoms in total. The number of carbonyl (C=O) groups is 3. The first-order valence-corrected chi connectivity index (χ1v) is 8.97. The number of nitro benzene ring substituents is 1. The molecule has 1 aromatic carbocycles. The summed E-state index contributed by atoms with van der Waals surface area (Å²) in [7, 11) is 0. The molecule has 1 aliphatic rings. The van der Waals surface area contributed by atoms with Gasteiger partial charge in [-0.1, -0.05) is 6.07 Å². The molecule has 1 saturated heterocycles. The Morgan fingerprint density at radius 2 is 1.96 bits per heavy atom. The van der Waals surface area contributed by atoms with Gasteiger partial charge in [-0.05, 0) is 41.4 Å². The number of nitrogens with zero attached hydrogens (tertiary/aromatic N) is 2. The molecule has 0 saturated carbocycles. The molecule has 0 atom stereocenters. The van der Waals surface area contributed by atoms with E-state index in [1.54, 1.807) is 6.08 Å². The minimum Gasteiger partial charge on any atom is -0.325 e. The number of hydrogen-bond donors (Lipinski definition) is 1. The van der Waals surface area contributed by atoms with Crippen LogP contribution in [0.25, 0.3) is 6.08 Å². The predicted octanol–water partition coefficient (Wildman–Crippen LogP) is 3.33. The van der Waals surface area contributed by atoms with Gasteiger partial charge in [-0.15, -0.1) is 11.3 Å². The van der Waals surface area contributed by atoms with Gasteiger partial charge in [0.05, 0.1) is 9.83 Å². The molecule has 3 amide bonds. The maximum Gasteiger partial charge on any atom is 0.294 e. The van der Waals surface area contributed by atoms with Gasteiger partial charge in [0.15, 0.2) is 0 Å². The Labute approximate surface area is 155 Å². The van der Waals surface area contributed by atoms with Crippen LogP contribution >= 0.6 is 23.1 Å². The number of nitrogens with one attached hydrogen (secondary N) is 1. The van der Waals surface area contributed by atoms with E-state index in [0.717, 1.165) is 21.5 Å². The molecule has 26 heavy (non-hydrogen) atoms. The normalized spacial score (nSPS) is 15.5. The van der Waals surface area contributed by atoms with E-state index < -0.39 is 28.5 Å². The van der Waals surface area contributed by atoms with E-state index in [-0.39, 0.29) is 10.6 Å². The van der Waals surface area contributed by atoms with Crippen molar-refractivity contribution < 1.29 is 19.3 Å². The van der Waals surface area contributed by atoms with Crippen molar-refractivity contribution in [1.82, 2.24) is 4.90 Å². The van der Waals surface area contributed by atoms with Gasteiger partial charge in [-0.3, -0.25) is 29.4 Å². The molecule has 0 bridgehead atoms. The first kappa shape index (κ1) is 17.8. The van der Waals surface area contributed by atoms with E-state index in [4.69, 9.17) is 0 Å². The highest BCUT2D eigenvalue weighted by atomic mass is 32.2.